The van der Waals surface area contributed by atoms with Crippen LogP contribution in [0.5, 0.6) is 0 Å². The highest BCUT2D eigenvalue weighted by atomic mass is 35.5. The van der Waals surface area contributed by atoms with Crippen molar-refractivity contribution < 1.29 is 14.1 Å². The fraction of sp³-hybridized carbons (Fsp3) is 0.0588. The number of ether oxygens (including phenoxy) is 1. The average molecular weight is 372 g/mol. The number of hydrogen-bond acceptors (Lipinski definition) is 7. The average Bonchev–Trinajstić information content (AvgIpc) is 3.30. The number of carbonyl (C=O) groups is 1. The molecule has 0 saturated carbocycles. The number of pyridine rings is 1. The van der Waals surface area contributed by atoms with Gasteiger partial charge in [-0.3, -0.25) is 0 Å². The molecule has 1 aromatic carbocycles. The van der Waals surface area contributed by atoms with E-state index in [1.807, 2.05) is 17.5 Å². The van der Waals surface area contributed by atoms with Gasteiger partial charge in [0.1, 0.15) is 5.15 Å². The number of hydrogen-bond donors (Lipinski definition) is 0. The number of rotatable bonds is 4. The van der Waals surface area contributed by atoms with Crippen molar-refractivity contribution in [2.75, 3.05) is 0 Å². The van der Waals surface area contributed by atoms with Gasteiger partial charge in [-0.25, -0.2) is 9.78 Å². The van der Waals surface area contributed by atoms with Gasteiger partial charge in [0.2, 0.25) is 5.82 Å². The lowest BCUT2D eigenvalue weighted by Gasteiger charge is -2.04. The minimum atomic E-state index is -0.473. The molecule has 0 fully saturated rings. The number of halogens is 1. The first-order valence-electron chi connectivity index (χ1n) is 7.29. The summed E-state index contributed by atoms with van der Waals surface area (Å²) in [6.07, 6.45) is 0. The highest BCUT2D eigenvalue weighted by Crippen LogP contribution is 2.23. The smallest absolute Gasteiger partial charge is 0.338 e. The molecular formula is C17H10ClN3O3S. The van der Waals surface area contributed by atoms with E-state index < -0.39 is 5.97 Å². The summed E-state index contributed by atoms with van der Waals surface area (Å²) in [5.41, 5.74) is 1.13. The van der Waals surface area contributed by atoms with Gasteiger partial charge in [0.25, 0.3) is 5.89 Å². The van der Waals surface area contributed by atoms with Crippen molar-refractivity contribution in [3.63, 3.8) is 0 Å². The van der Waals surface area contributed by atoms with Crippen LogP contribution in [0, 0.1) is 0 Å². The molecule has 0 atom stereocenters. The van der Waals surface area contributed by atoms with Crippen molar-refractivity contribution in [2.24, 2.45) is 0 Å². The molecule has 0 aliphatic carbocycles. The molecule has 6 nitrogen and oxygen atoms in total. The maximum absolute atomic E-state index is 12.2. The maximum atomic E-state index is 12.2. The van der Waals surface area contributed by atoms with E-state index >= 15 is 0 Å². The number of carbonyl (C=O) groups excluding carboxylic acids is 1. The second-order valence-electron chi connectivity index (χ2n) is 5.11. The number of nitrogens with zero attached hydrogens (tertiary/aromatic N) is 3. The lowest BCUT2D eigenvalue weighted by Crippen LogP contribution is -2.06. The monoisotopic (exact) mass is 371 g/mol. The minimum absolute atomic E-state index is 0.0649. The normalized spacial score (nSPS) is 10.9. The number of esters is 1. The molecule has 0 radical (unpaired) electrons. The maximum Gasteiger partial charge on any atom is 0.338 e. The van der Waals surface area contributed by atoms with Crippen LogP contribution in [-0.2, 0) is 11.3 Å². The van der Waals surface area contributed by atoms with Gasteiger partial charge in [-0.15, -0.1) is 11.3 Å². The summed E-state index contributed by atoms with van der Waals surface area (Å²) in [6.45, 7) is -0.0649. The molecule has 4 rings (SSSR count). The zero-order chi connectivity index (χ0) is 17.2. The van der Waals surface area contributed by atoms with Gasteiger partial charge >= 0.3 is 5.97 Å². The lowest BCUT2D eigenvalue weighted by atomic mass is 10.1. The highest BCUT2D eigenvalue weighted by Gasteiger charge is 2.13. The van der Waals surface area contributed by atoms with Gasteiger partial charge in [-0.1, -0.05) is 22.8 Å². The van der Waals surface area contributed by atoms with Crippen LogP contribution >= 0.6 is 22.9 Å². The zero-order valence-electron chi connectivity index (χ0n) is 12.7. The second kappa shape index (κ2) is 6.62. The van der Waals surface area contributed by atoms with E-state index in [4.69, 9.17) is 20.9 Å². The second-order valence-corrected chi connectivity index (χ2v) is 6.45. The van der Waals surface area contributed by atoms with E-state index in [2.05, 4.69) is 15.1 Å². The number of aromatic nitrogens is 3. The first-order valence-corrected chi connectivity index (χ1v) is 8.55. The topological polar surface area (TPSA) is 78.1 Å². The molecule has 0 saturated heterocycles. The van der Waals surface area contributed by atoms with Gasteiger partial charge < -0.3 is 9.26 Å². The molecule has 0 aliphatic heterocycles. The van der Waals surface area contributed by atoms with Crippen LogP contribution in [0.25, 0.3) is 21.7 Å². The van der Waals surface area contributed by atoms with Gasteiger partial charge in [0.15, 0.2) is 6.61 Å². The van der Waals surface area contributed by atoms with Crippen LogP contribution in [0.15, 0.2) is 52.4 Å². The first-order chi connectivity index (χ1) is 12.2. The third-order valence-corrected chi connectivity index (χ3v) is 4.49. The van der Waals surface area contributed by atoms with E-state index in [0.717, 1.165) is 10.3 Å². The summed E-state index contributed by atoms with van der Waals surface area (Å²) in [7, 11) is 0. The Labute approximate surface area is 151 Å². The van der Waals surface area contributed by atoms with Gasteiger partial charge in [0.05, 0.1) is 16.0 Å². The molecule has 0 unspecified atom stereocenters. The first kappa shape index (κ1) is 15.7. The van der Waals surface area contributed by atoms with Crippen LogP contribution in [0.1, 0.15) is 16.2 Å². The molecule has 0 amide bonds. The van der Waals surface area contributed by atoms with E-state index in [0.29, 0.717) is 27.9 Å². The quantitative estimate of drug-likeness (QED) is 0.392. The largest absolute Gasteiger partial charge is 0.454 e. The molecule has 3 aromatic heterocycles. The molecule has 0 aliphatic rings. The predicted octanol–water partition coefficient (Wildman–Crippen LogP) is 4.36. The number of benzene rings is 1. The van der Waals surface area contributed by atoms with Crippen molar-refractivity contribution in [2.45, 2.75) is 6.61 Å². The van der Waals surface area contributed by atoms with Gasteiger partial charge in [-0.05, 0) is 41.8 Å². The molecular weight excluding hydrogens is 362 g/mol. The Balaban J connectivity index is 1.46. The van der Waals surface area contributed by atoms with Gasteiger partial charge in [0, 0.05) is 5.39 Å². The van der Waals surface area contributed by atoms with Gasteiger partial charge in [-0.2, -0.15) is 4.98 Å². The van der Waals surface area contributed by atoms with Crippen LogP contribution < -0.4 is 0 Å². The molecule has 4 aromatic rings. The molecule has 124 valence electrons. The predicted molar refractivity (Wildman–Crippen MR) is 93.5 cm³/mol. The van der Waals surface area contributed by atoms with Crippen LogP contribution in [-0.4, -0.2) is 21.1 Å². The summed E-state index contributed by atoms with van der Waals surface area (Å²) in [6, 6.07) is 12.3. The van der Waals surface area contributed by atoms with E-state index in [9.17, 15) is 4.79 Å². The SMILES string of the molecule is O=C(OCc1noc(-c2cccs2)n1)c1ccc2nc(Cl)ccc2c1. The van der Waals surface area contributed by atoms with Crippen LogP contribution in [0.3, 0.4) is 0 Å². The van der Waals surface area contributed by atoms with Crippen molar-refractivity contribution in [3.8, 4) is 10.8 Å². The Bertz CT molecular complexity index is 1050. The zero-order valence-corrected chi connectivity index (χ0v) is 14.3. The van der Waals surface area contributed by atoms with Crippen LogP contribution in [0.4, 0.5) is 0 Å². The van der Waals surface area contributed by atoms with E-state index in [1.54, 1.807) is 30.3 Å². The minimum Gasteiger partial charge on any atom is -0.454 e. The third kappa shape index (κ3) is 3.38. The van der Waals surface area contributed by atoms with Crippen molar-refractivity contribution in [1.29, 1.82) is 0 Å². The molecule has 25 heavy (non-hydrogen) atoms. The fourth-order valence-corrected chi connectivity index (χ4v) is 3.05. The third-order valence-electron chi connectivity index (χ3n) is 3.42. The van der Waals surface area contributed by atoms with Crippen molar-refractivity contribution in [3.05, 3.63) is 64.4 Å². The summed E-state index contributed by atoms with van der Waals surface area (Å²) in [5, 5.41) is 6.94. The molecule has 3 heterocycles. The van der Waals surface area contributed by atoms with E-state index in [-0.39, 0.29) is 6.61 Å². The number of fused-ring (bicyclic) bond motifs is 1. The lowest BCUT2D eigenvalue weighted by molar-refractivity contribution is 0.0460. The summed E-state index contributed by atoms with van der Waals surface area (Å²) in [4.78, 5) is 21.5. The summed E-state index contributed by atoms with van der Waals surface area (Å²) in [5.74, 6) is 0.250. The highest BCUT2D eigenvalue weighted by molar-refractivity contribution is 7.13. The Morgan fingerprint density at radius 2 is 2.12 bits per heavy atom. The standard InChI is InChI=1S/C17H10ClN3O3S/c18-14-6-4-10-8-11(3-5-12(10)19-14)17(22)23-9-15-20-16(24-21-15)13-2-1-7-25-13/h1-8H,9H2. The summed E-state index contributed by atoms with van der Waals surface area (Å²) >= 11 is 7.35. The Hall–Kier alpha value is -2.77. The van der Waals surface area contributed by atoms with E-state index in [1.165, 1.54) is 11.3 Å². The molecule has 0 spiro atoms. The van der Waals surface area contributed by atoms with Crippen LogP contribution in [0.2, 0.25) is 5.15 Å². The Morgan fingerprint density at radius 1 is 1.20 bits per heavy atom. The Kier molecular flexibility index (Phi) is 4.17. The fourth-order valence-electron chi connectivity index (χ4n) is 2.25. The van der Waals surface area contributed by atoms with Crippen molar-refractivity contribution >= 4 is 39.8 Å². The number of thiophene rings is 1. The molecule has 0 N–H and O–H groups in total. The Morgan fingerprint density at radius 3 is 2.96 bits per heavy atom. The summed E-state index contributed by atoms with van der Waals surface area (Å²) < 4.78 is 10.4. The van der Waals surface area contributed by atoms with Crippen molar-refractivity contribution in [1.82, 2.24) is 15.1 Å². The molecule has 8 heteroatoms. The molecule has 0 bridgehead atoms.